The number of hydrogen-bond donors (Lipinski definition) is 1. The summed E-state index contributed by atoms with van der Waals surface area (Å²) in [6.07, 6.45) is 5.19. The number of benzene rings is 1. The van der Waals surface area contributed by atoms with Crippen molar-refractivity contribution >= 4 is 11.6 Å². The van der Waals surface area contributed by atoms with E-state index in [1.54, 1.807) is 46.7 Å². The van der Waals surface area contributed by atoms with E-state index in [1.165, 1.54) is 0 Å². The second-order valence-corrected chi connectivity index (χ2v) is 9.60. The molecule has 0 bridgehead atoms. The average molecular weight is 489 g/mol. The highest BCUT2D eigenvalue weighted by atomic mass is 19.1. The van der Waals surface area contributed by atoms with Gasteiger partial charge in [-0.15, -0.1) is 0 Å². The van der Waals surface area contributed by atoms with Crippen LogP contribution >= 0.6 is 0 Å². The molecule has 1 amide bonds. The van der Waals surface area contributed by atoms with E-state index < -0.39 is 11.7 Å². The molecule has 5 rings (SSSR count). The average Bonchev–Trinajstić information content (AvgIpc) is 3.58. The van der Waals surface area contributed by atoms with E-state index in [4.69, 9.17) is 4.52 Å². The lowest BCUT2D eigenvalue weighted by molar-refractivity contribution is 0.0907. The third-order valence-electron chi connectivity index (χ3n) is 5.86. The number of fused-ring (bicyclic) bond motifs is 1. The van der Waals surface area contributed by atoms with Crippen LogP contribution < -0.4 is 5.32 Å². The Morgan fingerprint density at radius 1 is 1.22 bits per heavy atom. The van der Waals surface area contributed by atoms with Crippen LogP contribution in [0, 0.1) is 12.7 Å². The maximum Gasteiger partial charge on any atom is 0.315 e. The van der Waals surface area contributed by atoms with Gasteiger partial charge in [-0.25, -0.2) is 13.9 Å². The van der Waals surface area contributed by atoms with Crippen LogP contribution in [-0.2, 0) is 19.0 Å². The molecule has 0 atom stereocenters. The van der Waals surface area contributed by atoms with Gasteiger partial charge in [-0.1, -0.05) is 32.0 Å². The Hall–Kier alpha value is -4.41. The summed E-state index contributed by atoms with van der Waals surface area (Å²) >= 11 is 0. The molecule has 0 saturated heterocycles. The van der Waals surface area contributed by atoms with Crippen molar-refractivity contribution in [1.82, 2.24) is 39.8 Å². The number of aromatic nitrogens is 7. The molecule has 0 aliphatic heterocycles. The molecule has 10 nitrogen and oxygen atoms in total. The number of halogens is 1. The van der Waals surface area contributed by atoms with Gasteiger partial charge in [0.2, 0.25) is 0 Å². The van der Waals surface area contributed by atoms with Gasteiger partial charge in [0.05, 0.1) is 17.6 Å². The molecule has 0 fully saturated rings. The Morgan fingerprint density at radius 3 is 2.72 bits per heavy atom. The van der Waals surface area contributed by atoms with E-state index in [1.807, 2.05) is 40.1 Å². The minimum Gasteiger partial charge on any atom is -0.344 e. The smallest absolute Gasteiger partial charge is 0.315 e. The summed E-state index contributed by atoms with van der Waals surface area (Å²) in [7, 11) is 1.83. The molecule has 5 aromatic rings. The molecule has 4 aromatic heterocycles. The molecule has 0 aliphatic rings. The molecule has 0 unspecified atom stereocenters. The van der Waals surface area contributed by atoms with Crippen molar-refractivity contribution in [3.05, 3.63) is 71.5 Å². The highest BCUT2D eigenvalue weighted by Gasteiger charge is 2.24. The number of aryl methyl sites for hydroxylation is 1. The van der Waals surface area contributed by atoms with Gasteiger partial charge in [-0.2, -0.15) is 15.2 Å². The minimum atomic E-state index is -0.516. The van der Waals surface area contributed by atoms with Gasteiger partial charge >= 0.3 is 11.8 Å². The highest BCUT2D eigenvalue weighted by Crippen LogP contribution is 2.28. The quantitative estimate of drug-likeness (QED) is 0.399. The van der Waals surface area contributed by atoms with E-state index >= 15 is 4.39 Å². The number of amides is 1. The largest absolute Gasteiger partial charge is 0.344 e. The third-order valence-corrected chi connectivity index (χ3v) is 5.86. The lowest BCUT2D eigenvalue weighted by Crippen LogP contribution is -2.24. The highest BCUT2D eigenvalue weighted by molar-refractivity contribution is 5.89. The second kappa shape index (κ2) is 8.67. The Labute approximate surface area is 206 Å². The molecule has 0 spiro atoms. The van der Waals surface area contributed by atoms with Gasteiger partial charge in [0.25, 0.3) is 0 Å². The van der Waals surface area contributed by atoms with E-state index in [-0.39, 0.29) is 17.9 Å². The van der Waals surface area contributed by atoms with E-state index in [2.05, 4.69) is 30.6 Å². The fourth-order valence-corrected chi connectivity index (χ4v) is 3.78. The van der Waals surface area contributed by atoms with Crippen molar-refractivity contribution in [2.45, 2.75) is 39.7 Å². The van der Waals surface area contributed by atoms with Crippen LogP contribution in [0.5, 0.6) is 0 Å². The van der Waals surface area contributed by atoms with E-state index in [0.717, 1.165) is 5.56 Å². The van der Waals surface area contributed by atoms with Gasteiger partial charge in [0.1, 0.15) is 5.82 Å². The number of hydrogen-bond acceptors (Lipinski definition) is 7. The van der Waals surface area contributed by atoms with Crippen molar-refractivity contribution in [3.8, 4) is 22.5 Å². The molecule has 36 heavy (non-hydrogen) atoms. The summed E-state index contributed by atoms with van der Waals surface area (Å²) in [4.78, 5) is 21.0. The van der Waals surface area contributed by atoms with Crippen molar-refractivity contribution in [1.29, 1.82) is 0 Å². The molecule has 1 aromatic carbocycles. The zero-order valence-electron chi connectivity index (χ0n) is 20.6. The molecule has 4 heterocycles. The zero-order chi connectivity index (χ0) is 25.6. The first kappa shape index (κ1) is 23.3. The lowest BCUT2D eigenvalue weighted by atomic mass is 9.96. The number of rotatable bonds is 5. The van der Waals surface area contributed by atoms with Crippen LogP contribution in [0.2, 0.25) is 0 Å². The van der Waals surface area contributed by atoms with Gasteiger partial charge in [0, 0.05) is 48.6 Å². The lowest BCUT2D eigenvalue weighted by Gasteiger charge is -2.12. The molecular weight excluding hydrogens is 463 g/mol. The molecule has 184 valence electrons. The predicted octanol–water partition coefficient (Wildman–Crippen LogP) is 3.85. The van der Waals surface area contributed by atoms with Crippen molar-refractivity contribution in [2.24, 2.45) is 7.05 Å². The fourth-order valence-electron chi connectivity index (χ4n) is 3.78. The molecule has 0 aliphatic carbocycles. The van der Waals surface area contributed by atoms with Crippen LogP contribution in [0.3, 0.4) is 0 Å². The second-order valence-electron chi connectivity index (χ2n) is 9.60. The van der Waals surface area contributed by atoms with Gasteiger partial charge in [-0.05, 0) is 30.2 Å². The van der Waals surface area contributed by atoms with Crippen molar-refractivity contribution < 1.29 is 13.7 Å². The first-order chi connectivity index (χ1) is 17.1. The minimum absolute atomic E-state index is 0.105. The monoisotopic (exact) mass is 488 g/mol. The SMILES string of the molecule is Cc1c(CNC(=O)c2nc(C(C)(C)C)no2)ccc(-c2ccnc3cc(-c4cnn(C)c4)nn23)c1F. The normalized spacial score (nSPS) is 11.8. The summed E-state index contributed by atoms with van der Waals surface area (Å²) < 4.78 is 23.9. The molecule has 0 radical (unpaired) electrons. The van der Waals surface area contributed by atoms with Gasteiger partial charge < -0.3 is 9.84 Å². The Balaban J connectivity index is 1.40. The number of carbonyl (C=O) groups is 1. The third kappa shape index (κ3) is 4.23. The molecule has 0 saturated carbocycles. The summed E-state index contributed by atoms with van der Waals surface area (Å²) in [5, 5.41) is 15.4. The fraction of sp³-hybridized carbons (Fsp3) is 0.280. The van der Waals surface area contributed by atoms with Crippen LogP contribution in [0.4, 0.5) is 4.39 Å². The topological polar surface area (TPSA) is 116 Å². The maximum absolute atomic E-state index is 15.6. The zero-order valence-corrected chi connectivity index (χ0v) is 20.6. The summed E-state index contributed by atoms with van der Waals surface area (Å²) in [6, 6.07) is 7.00. The first-order valence-electron chi connectivity index (χ1n) is 11.4. The maximum atomic E-state index is 15.6. The number of carbonyl (C=O) groups excluding carboxylic acids is 1. The van der Waals surface area contributed by atoms with Crippen LogP contribution in [0.1, 0.15) is 48.4 Å². The van der Waals surface area contributed by atoms with Crippen LogP contribution in [0.25, 0.3) is 28.2 Å². The summed E-state index contributed by atoms with van der Waals surface area (Å²) in [6.45, 7) is 7.55. The van der Waals surface area contributed by atoms with Crippen molar-refractivity contribution in [3.63, 3.8) is 0 Å². The number of nitrogens with zero attached hydrogens (tertiary/aromatic N) is 7. The predicted molar refractivity (Wildman–Crippen MR) is 129 cm³/mol. The Kier molecular flexibility index (Phi) is 5.62. The number of nitrogens with one attached hydrogen (secondary N) is 1. The van der Waals surface area contributed by atoms with E-state index in [9.17, 15) is 4.79 Å². The van der Waals surface area contributed by atoms with E-state index in [0.29, 0.717) is 39.5 Å². The Bertz CT molecular complexity index is 1590. The molecule has 11 heteroatoms. The van der Waals surface area contributed by atoms with Crippen LogP contribution in [0.15, 0.2) is 47.4 Å². The summed E-state index contributed by atoms with van der Waals surface area (Å²) in [5.74, 6) is -0.608. The van der Waals surface area contributed by atoms with Crippen LogP contribution in [-0.4, -0.2) is 40.4 Å². The molecular formula is C25H25FN8O2. The van der Waals surface area contributed by atoms with Gasteiger partial charge in [0.15, 0.2) is 11.5 Å². The standard InChI is InChI=1S/C25H25FN8O2/c1-14-15(11-28-22(35)23-30-24(32-36-23)25(2,3)4)6-7-17(21(14)26)19-8-9-27-20-10-18(31-34(19)20)16-12-29-33(5)13-16/h6-10,12-13H,11H2,1-5H3,(H,28,35). The first-order valence-corrected chi connectivity index (χ1v) is 11.4. The summed E-state index contributed by atoms with van der Waals surface area (Å²) in [5.41, 5.74) is 3.76. The Morgan fingerprint density at radius 2 is 2.03 bits per heavy atom. The van der Waals surface area contributed by atoms with Gasteiger partial charge in [-0.3, -0.25) is 9.48 Å². The molecule has 1 N–H and O–H groups in total. The van der Waals surface area contributed by atoms with Crippen molar-refractivity contribution in [2.75, 3.05) is 0 Å².